The highest BCUT2D eigenvalue weighted by atomic mass is 16.6. The monoisotopic (exact) mass is 439 g/mol. The highest BCUT2D eigenvalue weighted by molar-refractivity contribution is 5.72. The van der Waals surface area contributed by atoms with Crippen LogP contribution >= 0.6 is 0 Å². The Morgan fingerprint density at radius 1 is 0.879 bits per heavy atom. The van der Waals surface area contributed by atoms with Gasteiger partial charge in [0.2, 0.25) is 5.95 Å². The number of aromatic nitrogens is 2. The summed E-state index contributed by atoms with van der Waals surface area (Å²) in [5, 5.41) is 17.3. The summed E-state index contributed by atoms with van der Waals surface area (Å²) >= 11 is 0. The number of anilines is 4. The second-order valence-electron chi connectivity index (χ2n) is 7.72. The topological polar surface area (TPSA) is 102 Å². The Balaban J connectivity index is 1.31. The average Bonchev–Trinajstić information content (AvgIpc) is 2.85. The van der Waals surface area contributed by atoms with Crippen LogP contribution in [0.2, 0.25) is 0 Å². The van der Waals surface area contributed by atoms with Crippen molar-refractivity contribution in [1.29, 1.82) is 0 Å². The molecule has 1 aliphatic carbocycles. The van der Waals surface area contributed by atoms with Crippen molar-refractivity contribution in [3.8, 4) is 17.0 Å². The second-order valence-corrected chi connectivity index (χ2v) is 7.72. The number of hydrogen-bond acceptors (Lipinski definition) is 7. The fourth-order valence-electron chi connectivity index (χ4n) is 3.89. The summed E-state index contributed by atoms with van der Waals surface area (Å²) in [5.41, 5.74) is 6.99. The molecule has 2 N–H and O–H groups in total. The molecule has 0 radical (unpaired) electrons. The molecule has 0 saturated heterocycles. The lowest BCUT2D eigenvalue weighted by molar-refractivity contribution is -0.384. The van der Waals surface area contributed by atoms with Crippen molar-refractivity contribution in [2.24, 2.45) is 0 Å². The summed E-state index contributed by atoms with van der Waals surface area (Å²) in [6.07, 6.45) is 3.74. The zero-order valence-corrected chi connectivity index (χ0v) is 17.9. The predicted octanol–water partition coefficient (Wildman–Crippen LogP) is 5.65. The van der Waals surface area contributed by atoms with Crippen molar-refractivity contribution in [1.82, 2.24) is 9.97 Å². The molecular formula is C25H21N5O3. The fraction of sp³-hybridized carbons (Fsp3) is 0.120. The summed E-state index contributed by atoms with van der Waals surface area (Å²) in [4.78, 5) is 19.6. The van der Waals surface area contributed by atoms with Crippen molar-refractivity contribution in [2.45, 2.75) is 12.8 Å². The van der Waals surface area contributed by atoms with E-state index in [0.717, 1.165) is 52.5 Å². The number of fused-ring (bicyclic) bond motifs is 3. The van der Waals surface area contributed by atoms with Gasteiger partial charge in [-0.25, -0.2) is 9.97 Å². The first-order valence-corrected chi connectivity index (χ1v) is 10.5. The number of methoxy groups -OCH3 is 1. The molecule has 0 aliphatic heterocycles. The van der Waals surface area contributed by atoms with Crippen molar-refractivity contribution in [3.63, 3.8) is 0 Å². The van der Waals surface area contributed by atoms with Crippen LogP contribution in [-0.2, 0) is 12.8 Å². The Labute approximate surface area is 190 Å². The molecule has 0 bridgehead atoms. The number of nitro groups is 1. The number of aryl methyl sites for hydroxylation is 2. The molecule has 8 heteroatoms. The van der Waals surface area contributed by atoms with Gasteiger partial charge in [0.15, 0.2) is 0 Å². The molecule has 3 aromatic carbocycles. The zero-order valence-electron chi connectivity index (χ0n) is 17.9. The van der Waals surface area contributed by atoms with E-state index in [1.807, 2.05) is 36.5 Å². The van der Waals surface area contributed by atoms with Crippen molar-refractivity contribution in [3.05, 3.63) is 94.2 Å². The first-order valence-electron chi connectivity index (χ1n) is 10.5. The van der Waals surface area contributed by atoms with Crippen LogP contribution in [-0.4, -0.2) is 22.0 Å². The van der Waals surface area contributed by atoms with E-state index >= 15 is 0 Å². The third kappa shape index (κ3) is 4.31. The summed E-state index contributed by atoms with van der Waals surface area (Å²) in [6.45, 7) is 0. The summed E-state index contributed by atoms with van der Waals surface area (Å²) in [7, 11) is 1.68. The van der Waals surface area contributed by atoms with E-state index in [1.54, 1.807) is 19.2 Å². The van der Waals surface area contributed by atoms with Crippen molar-refractivity contribution < 1.29 is 9.66 Å². The summed E-state index contributed by atoms with van der Waals surface area (Å²) in [6, 6.07) is 20.1. The Bertz CT molecular complexity index is 1320. The number of rotatable bonds is 6. The van der Waals surface area contributed by atoms with Gasteiger partial charge in [0.05, 0.1) is 17.7 Å². The molecule has 0 unspecified atom stereocenters. The van der Waals surface area contributed by atoms with Gasteiger partial charge >= 0.3 is 0 Å². The lowest BCUT2D eigenvalue weighted by Crippen LogP contribution is -2.09. The summed E-state index contributed by atoms with van der Waals surface area (Å²) in [5.74, 6) is 1.39. The average molecular weight is 439 g/mol. The quantitative estimate of drug-likeness (QED) is 0.296. The van der Waals surface area contributed by atoms with E-state index in [0.29, 0.717) is 5.95 Å². The predicted molar refractivity (Wildman–Crippen MR) is 128 cm³/mol. The Morgan fingerprint density at radius 2 is 1.52 bits per heavy atom. The molecule has 0 amide bonds. The normalized spacial score (nSPS) is 11.8. The maximum Gasteiger partial charge on any atom is 0.269 e. The first-order chi connectivity index (χ1) is 16.1. The van der Waals surface area contributed by atoms with E-state index in [4.69, 9.17) is 9.72 Å². The smallest absolute Gasteiger partial charge is 0.269 e. The molecule has 1 aliphatic rings. The second kappa shape index (κ2) is 8.58. The van der Waals surface area contributed by atoms with Crippen molar-refractivity contribution in [2.75, 3.05) is 17.7 Å². The van der Waals surface area contributed by atoms with E-state index in [-0.39, 0.29) is 5.69 Å². The largest absolute Gasteiger partial charge is 0.497 e. The van der Waals surface area contributed by atoms with Crippen LogP contribution in [0.5, 0.6) is 5.75 Å². The SMILES string of the molecule is COc1ccc2c(c1)CCc1cnc(Nc3ccc(Nc4ccc([N+](=O)[O-])cc4)cc3)nc1-2. The number of hydrogen-bond donors (Lipinski definition) is 2. The fourth-order valence-corrected chi connectivity index (χ4v) is 3.89. The number of nitro benzene ring substituents is 1. The van der Waals surface area contributed by atoms with Gasteiger partial charge in [0.1, 0.15) is 5.75 Å². The molecule has 0 saturated carbocycles. The van der Waals surface area contributed by atoms with Crippen LogP contribution in [0.15, 0.2) is 72.9 Å². The summed E-state index contributed by atoms with van der Waals surface area (Å²) < 4.78 is 5.36. The van der Waals surface area contributed by atoms with Gasteiger partial charge in [-0.15, -0.1) is 0 Å². The standard InChI is InChI=1S/C25H21N5O3/c1-33-22-12-13-23-16(14-22)2-3-17-15-26-25(29-24(17)23)28-20-6-4-18(5-7-20)27-19-8-10-21(11-9-19)30(31)32/h4-15,27H,2-3H2,1H3,(H,26,28,29). The van der Waals surface area contributed by atoms with Crippen LogP contribution in [0.3, 0.4) is 0 Å². The lowest BCUT2D eigenvalue weighted by Gasteiger charge is -2.20. The van der Waals surface area contributed by atoms with Crippen LogP contribution in [0.25, 0.3) is 11.3 Å². The Hall–Kier alpha value is -4.46. The minimum Gasteiger partial charge on any atom is -0.497 e. The molecule has 1 aromatic heterocycles. The molecular weight excluding hydrogens is 418 g/mol. The van der Waals surface area contributed by atoms with Gasteiger partial charge in [-0.2, -0.15) is 0 Å². The van der Waals surface area contributed by atoms with Gasteiger partial charge in [-0.3, -0.25) is 10.1 Å². The minimum absolute atomic E-state index is 0.0620. The number of nitrogens with one attached hydrogen (secondary N) is 2. The Morgan fingerprint density at radius 3 is 2.18 bits per heavy atom. The molecule has 4 aromatic rings. The van der Waals surface area contributed by atoms with Crippen LogP contribution in [0.1, 0.15) is 11.1 Å². The third-order valence-electron chi connectivity index (χ3n) is 5.60. The van der Waals surface area contributed by atoms with Gasteiger partial charge in [0, 0.05) is 41.0 Å². The molecule has 33 heavy (non-hydrogen) atoms. The van der Waals surface area contributed by atoms with E-state index in [2.05, 4.69) is 27.8 Å². The van der Waals surface area contributed by atoms with E-state index in [9.17, 15) is 10.1 Å². The molecule has 1 heterocycles. The van der Waals surface area contributed by atoms with Crippen molar-refractivity contribution >= 4 is 28.7 Å². The van der Waals surface area contributed by atoms with Crippen LogP contribution in [0.4, 0.5) is 28.7 Å². The van der Waals surface area contributed by atoms with Gasteiger partial charge in [-0.1, -0.05) is 0 Å². The molecule has 0 atom stereocenters. The van der Waals surface area contributed by atoms with Crippen LogP contribution in [0, 0.1) is 10.1 Å². The molecule has 5 rings (SSSR count). The minimum atomic E-state index is -0.414. The number of non-ortho nitro benzene ring substituents is 1. The van der Waals surface area contributed by atoms with Crippen LogP contribution < -0.4 is 15.4 Å². The number of ether oxygens (including phenoxy) is 1. The molecule has 0 fully saturated rings. The zero-order chi connectivity index (χ0) is 22.8. The third-order valence-corrected chi connectivity index (χ3v) is 5.60. The molecule has 164 valence electrons. The number of nitrogens with zero attached hydrogens (tertiary/aromatic N) is 3. The molecule has 0 spiro atoms. The van der Waals surface area contributed by atoms with Gasteiger partial charge in [0.25, 0.3) is 5.69 Å². The molecule has 8 nitrogen and oxygen atoms in total. The Kier molecular flexibility index (Phi) is 5.32. The first kappa shape index (κ1) is 20.4. The van der Waals surface area contributed by atoms with E-state index in [1.165, 1.54) is 17.7 Å². The van der Waals surface area contributed by atoms with Gasteiger partial charge in [-0.05, 0) is 78.6 Å². The number of benzene rings is 3. The van der Waals surface area contributed by atoms with E-state index < -0.39 is 4.92 Å². The highest BCUT2D eigenvalue weighted by Crippen LogP contribution is 2.34. The highest BCUT2D eigenvalue weighted by Gasteiger charge is 2.19. The maximum absolute atomic E-state index is 10.8. The lowest BCUT2D eigenvalue weighted by atomic mass is 9.90. The maximum atomic E-state index is 10.8. The van der Waals surface area contributed by atoms with Gasteiger partial charge < -0.3 is 15.4 Å².